The van der Waals surface area contributed by atoms with E-state index in [1.807, 2.05) is 107 Å². The van der Waals surface area contributed by atoms with Gasteiger partial charge in [0.15, 0.2) is 0 Å². The highest BCUT2D eigenvalue weighted by Gasteiger charge is 2.41. The monoisotopic (exact) mass is 741 g/mol. The van der Waals surface area contributed by atoms with Crippen LogP contribution in [0.1, 0.15) is 49.9 Å². The van der Waals surface area contributed by atoms with Crippen molar-refractivity contribution >= 4 is 15.9 Å². The molecule has 0 saturated heterocycles. The number of aryl methyl sites for hydroxylation is 1. The molecule has 0 spiro atoms. The number of rotatable bonds is 19. The predicted molar refractivity (Wildman–Crippen MR) is 200 cm³/mol. The summed E-state index contributed by atoms with van der Waals surface area (Å²) in [6.45, 7) is 9.67. The normalized spacial score (nSPS) is 13.8. The number of nitrogens with one attached hydrogen (secondary N) is 1. The van der Waals surface area contributed by atoms with Crippen LogP contribution in [0.25, 0.3) is 0 Å². The van der Waals surface area contributed by atoms with E-state index in [0.717, 1.165) is 16.7 Å². The second-order valence-corrected chi connectivity index (χ2v) is 16.4. The van der Waals surface area contributed by atoms with Gasteiger partial charge in [-0.3, -0.25) is 18.9 Å². The number of methoxy groups -OCH3 is 2. The predicted octanol–water partition coefficient (Wildman–Crippen LogP) is 7.09. The molecule has 0 aliphatic carbocycles. The van der Waals surface area contributed by atoms with Crippen LogP contribution in [0.5, 0.6) is 11.5 Å². The Bertz CT molecular complexity index is 1790. The molecule has 0 aliphatic rings. The maximum Gasteiger partial charge on any atom is 0.328 e. The van der Waals surface area contributed by atoms with E-state index in [2.05, 4.69) is 9.65 Å². The van der Waals surface area contributed by atoms with Gasteiger partial charge in [-0.2, -0.15) is 0 Å². The molecule has 0 amide bonds. The highest BCUT2D eigenvalue weighted by molar-refractivity contribution is 7.59. The summed E-state index contributed by atoms with van der Waals surface area (Å²) in [5.41, 5.74) is 0.342. The van der Waals surface area contributed by atoms with E-state index >= 15 is 4.57 Å². The van der Waals surface area contributed by atoms with E-state index in [1.54, 1.807) is 28.3 Å². The highest BCUT2D eigenvalue weighted by atomic mass is 31.2. The first-order valence-electron chi connectivity index (χ1n) is 16.6. The quantitative estimate of drug-likeness (QED) is 0.0786. The summed E-state index contributed by atoms with van der Waals surface area (Å²) in [6.07, 6.45) is 0.761. The third-order valence-corrected chi connectivity index (χ3v) is 12.1. The summed E-state index contributed by atoms with van der Waals surface area (Å²) in [5.74, 6) is 1.33. The van der Waals surface area contributed by atoms with Crippen LogP contribution in [-0.4, -0.2) is 66.9 Å². The van der Waals surface area contributed by atoms with E-state index in [-0.39, 0.29) is 37.9 Å². The lowest BCUT2D eigenvalue weighted by Crippen LogP contribution is -2.34. The zero-order valence-corrected chi connectivity index (χ0v) is 32.3. The van der Waals surface area contributed by atoms with Crippen LogP contribution in [0.4, 0.5) is 0 Å². The summed E-state index contributed by atoms with van der Waals surface area (Å²) in [4.78, 5) is 26.8. The second-order valence-electron chi connectivity index (χ2n) is 12.4. The van der Waals surface area contributed by atoms with Crippen LogP contribution in [0, 0.1) is 6.92 Å². The number of H-pyrrole nitrogens is 1. The molecule has 1 aromatic heterocycles. The van der Waals surface area contributed by atoms with Gasteiger partial charge in [-0.25, -0.2) is 9.46 Å². The van der Waals surface area contributed by atoms with Crippen LogP contribution in [0.3, 0.4) is 0 Å². The first-order valence-corrected chi connectivity index (χ1v) is 19.8. The fourth-order valence-corrected chi connectivity index (χ4v) is 9.10. The summed E-state index contributed by atoms with van der Waals surface area (Å²) in [6, 6.07) is 24.9. The van der Waals surface area contributed by atoms with Gasteiger partial charge in [-0.1, -0.05) is 54.6 Å². The van der Waals surface area contributed by atoms with Crippen LogP contribution in [0.2, 0.25) is 0 Å². The maximum atomic E-state index is 15.0. The molecule has 1 N–H and O–H groups in total. The molecule has 2 unspecified atom stereocenters. The highest BCUT2D eigenvalue weighted by Crippen LogP contribution is 2.55. The van der Waals surface area contributed by atoms with E-state index in [9.17, 15) is 9.59 Å². The molecule has 14 heteroatoms. The number of hydrogen-bond donors (Lipinski definition) is 1. The Morgan fingerprint density at radius 3 is 1.82 bits per heavy atom. The van der Waals surface area contributed by atoms with Gasteiger partial charge >= 0.3 is 5.69 Å². The first kappa shape index (κ1) is 40.2. The molecule has 1 heterocycles. The molecule has 4 rings (SSSR count). The number of hydrogen-bond acceptors (Lipinski definition) is 10. The minimum Gasteiger partial charge on any atom is -0.497 e. The molecular formula is C37H49N3O9P2. The van der Waals surface area contributed by atoms with Crippen LogP contribution < -0.4 is 20.7 Å². The van der Waals surface area contributed by atoms with Crippen LogP contribution in [-0.2, 0) is 35.0 Å². The third-order valence-electron chi connectivity index (χ3n) is 8.27. The van der Waals surface area contributed by atoms with Crippen molar-refractivity contribution in [2.24, 2.45) is 0 Å². The van der Waals surface area contributed by atoms with E-state index in [1.165, 1.54) is 10.8 Å². The molecule has 276 valence electrons. The van der Waals surface area contributed by atoms with Crippen molar-refractivity contribution < 1.29 is 32.3 Å². The van der Waals surface area contributed by atoms with E-state index in [0.29, 0.717) is 17.1 Å². The molecule has 0 bridgehead atoms. The lowest BCUT2D eigenvalue weighted by molar-refractivity contribution is 0.0352. The second kappa shape index (κ2) is 18.2. The summed E-state index contributed by atoms with van der Waals surface area (Å²) in [7, 11) is -0.673. The topological polar surface area (TPSA) is 131 Å². The van der Waals surface area contributed by atoms with E-state index < -0.39 is 32.7 Å². The van der Waals surface area contributed by atoms with Crippen LogP contribution in [0.15, 0.2) is 94.6 Å². The fourth-order valence-electron chi connectivity index (χ4n) is 5.80. The van der Waals surface area contributed by atoms with Gasteiger partial charge in [0.2, 0.25) is 0 Å². The Morgan fingerprint density at radius 1 is 0.804 bits per heavy atom. The average Bonchev–Trinajstić information content (AvgIpc) is 3.13. The fraction of sp³-hybridized carbons (Fsp3) is 0.405. The Kier molecular flexibility index (Phi) is 14.4. The number of aromatic amines is 1. The zero-order valence-electron chi connectivity index (χ0n) is 30.5. The number of nitrogens with zero attached hydrogens (tertiary/aromatic N) is 2. The van der Waals surface area contributed by atoms with E-state index in [4.69, 9.17) is 27.8 Å². The third kappa shape index (κ3) is 9.84. The lowest BCUT2D eigenvalue weighted by Gasteiger charge is -2.38. The van der Waals surface area contributed by atoms with Crippen molar-refractivity contribution in [3.8, 4) is 11.5 Å². The van der Waals surface area contributed by atoms with Crippen molar-refractivity contribution in [3.63, 3.8) is 0 Å². The van der Waals surface area contributed by atoms with Crippen molar-refractivity contribution in [2.45, 2.75) is 58.8 Å². The van der Waals surface area contributed by atoms with Gasteiger partial charge in [0.1, 0.15) is 29.8 Å². The zero-order chi connectivity index (χ0) is 37.2. The number of ether oxygens (including phenoxy) is 3. The largest absolute Gasteiger partial charge is 0.497 e. The van der Waals surface area contributed by atoms with Gasteiger partial charge < -0.3 is 27.8 Å². The molecule has 0 radical (unpaired) electrons. The van der Waals surface area contributed by atoms with Gasteiger partial charge in [-0.15, -0.1) is 0 Å². The Hall–Kier alpha value is -3.60. The first-order chi connectivity index (χ1) is 24.4. The van der Waals surface area contributed by atoms with Gasteiger partial charge in [0.05, 0.1) is 27.4 Å². The molecule has 3 aromatic carbocycles. The van der Waals surface area contributed by atoms with Crippen molar-refractivity contribution in [1.29, 1.82) is 0 Å². The average molecular weight is 742 g/mol. The Labute approximate surface area is 301 Å². The van der Waals surface area contributed by atoms with Gasteiger partial charge in [0.25, 0.3) is 21.5 Å². The molecule has 4 aromatic rings. The molecule has 2 atom stereocenters. The summed E-state index contributed by atoms with van der Waals surface area (Å²) >= 11 is 0. The minimum absolute atomic E-state index is 0.0321. The van der Waals surface area contributed by atoms with Gasteiger partial charge in [-0.05, 0) is 75.6 Å². The standard InChI is InChI=1S/C37H49N3O9P2/c1-27(2)40(28(3)4)50(46-8)48-26-51(43,49-23-22-39-24-29(5)35(41)38-36(39)42)25-47-37(30-12-10-9-11-13-30,31-14-18-33(44-6)19-15-31)32-16-20-34(45-7)21-17-32/h9-21,24,27-28H,22-23,25-26H2,1-8H3,(H,38,41,42). The lowest BCUT2D eigenvalue weighted by atomic mass is 9.80. The Morgan fingerprint density at radius 2 is 1.33 bits per heavy atom. The molecule has 51 heavy (non-hydrogen) atoms. The number of benzene rings is 3. The summed E-state index contributed by atoms with van der Waals surface area (Å²) < 4.78 is 54.6. The van der Waals surface area contributed by atoms with Gasteiger partial charge in [0, 0.05) is 31.0 Å². The molecule has 0 saturated carbocycles. The molecular weight excluding hydrogens is 692 g/mol. The van der Waals surface area contributed by atoms with Crippen molar-refractivity contribution in [1.82, 2.24) is 14.2 Å². The minimum atomic E-state index is -3.82. The SMILES string of the molecule is COc1ccc(C(OCP(=O)(COP(OC)N(C(C)C)C(C)C)OCCn2cc(C)c(=O)[nH]c2=O)(c2ccccc2)c2ccc(OC)cc2)cc1. The van der Waals surface area contributed by atoms with Crippen molar-refractivity contribution in [3.05, 3.63) is 128 Å². The molecule has 0 fully saturated rings. The van der Waals surface area contributed by atoms with Crippen LogP contribution >= 0.6 is 15.9 Å². The Balaban J connectivity index is 1.78. The molecule has 12 nitrogen and oxygen atoms in total. The summed E-state index contributed by atoms with van der Waals surface area (Å²) in [5, 5.41) is 0. The maximum absolute atomic E-state index is 15.0. The number of aromatic nitrogens is 2. The smallest absolute Gasteiger partial charge is 0.328 e. The van der Waals surface area contributed by atoms with Crippen molar-refractivity contribution in [2.75, 3.05) is 40.6 Å². The molecule has 0 aliphatic heterocycles.